The molecule has 1 aromatic carbocycles. The van der Waals surface area contributed by atoms with E-state index in [1.807, 2.05) is 13.8 Å². The van der Waals surface area contributed by atoms with Crippen LogP contribution in [0.1, 0.15) is 31.2 Å². The van der Waals surface area contributed by atoms with Crippen molar-refractivity contribution >= 4 is 11.6 Å². The highest BCUT2D eigenvalue weighted by Gasteiger charge is 2.20. The van der Waals surface area contributed by atoms with Crippen LogP contribution in [-0.2, 0) is 0 Å². The summed E-state index contributed by atoms with van der Waals surface area (Å²) >= 11 is 5.99. The van der Waals surface area contributed by atoms with Crippen LogP contribution < -0.4 is 0 Å². The maximum atomic E-state index is 13.9. The van der Waals surface area contributed by atoms with Gasteiger partial charge in [0.1, 0.15) is 11.0 Å². The molecule has 0 amide bonds. The summed E-state index contributed by atoms with van der Waals surface area (Å²) in [4.78, 5) is 8.30. The average Bonchev–Trinajstić information content (AvgIpc) is 2.39. The smallest absolute Gasteiger partial charge is 0.195 e. The summed E-state index contributed by atoms with van der Waals surface area (Å²) in [5, 5.41) is 0.169. The topological polar surface area (TPSA) is 25.8 Å². The van der Waals surface area contributed by atoms with Gasteiger partial charge in [0, 0.05) is 17.0 Å². The van der Waals surface area contributed by atoms with Gasteiger partial charge in [-0.05, 0) is 19.1 Å². The first-order valence-electron chi connectivity index (χ1n) is 6.00. The summed E-state index contributed by atoms with van der Waals surface area (Å²) in [5.41, 5.74) is 0.457. The van der Waals surface area contributed by atoms with Crippen LogP contribution in [0.5, 0.6) is 0 Å². The lowest BCUT2D eigenvalue weighted by atomic mass is 10.1. The third kappa shape index (κ3) is 2.50. The normalized spacial score (nSPS) is 11.2. The Morgan fingerprint density at radius 3 is 2.30 bits per heavy atom. The van der Waals surface area contributed by atoms with E-state index in [4.69, 9.17) is 11.6 Å². The molecule has 106 valence electrons. The minimum absolute atomic E-state index is 0.0276. The van der Waals surface area contributed by atoms with Gasteiger partial charge in [-0.15, -0.1) is 0 Å². The van der Waals surface area contributed by atoms with Crippen molar-refractivity contribution in [2.75, 3.05) is 0 Å². The third-order valence-electron chi connectivity index (χ3n) is 2.91. The predicted molar refractivity (Wildman–Crippen MR) is 71.2 cm³/mol. The molecule has 0 unspecified atom stereocenters. The molecule has 0 aliphatic heterocycles. The molecule has 1 heterocycles. The summed E-state index contributed by atoms with van der Waals surface area (Å²) in [7, 11) is 0. The molecule has 6 heteroatoms. The average molecular weight is 301 g/mol. The van der Waals surface area contributed by atoms with Gasteiger partial charge >= 0.3 is 0 Å². The Morgan fingerprint density at radius 2 is 1.70 bits per heavy atom. The highest BCUT2D eigenvalue weighted by molar-refractivity contribution is 6.30. The van der Waals surface area contributed by atoms with E-state index in [9.17, 15) is 13.2 Å². The Bertz CT molecular complexity index is 672. The number of rotatable bonds is 2. The van der Waals surface area contributed by atoms with E-state index in [-0.39, 0.29) is 22.3 Å². The van der Waals surface area contributed by atoms with Crippen LogP contribution in [0.15, 0.2) is 12.1 Å². The van der Waals surface area contributed by atoms with Gasteiger partial charge in [-0.3, -0.25) is 0 Å². The molecule has 2 nitrogen and oxygen atoms in total. The lowest BCUT2D eigenvalue weighted by molar-refractivity contribution is 0.448. The second-order valence-corrected chi connectivity index (χ2v) is 5.08. The Kier molecular flexibility index (Phi) is 3.99. The van der Waals surface area contributed by atoms with Crippen molar-refractivity contribution in [1.29, 1.82) is 0 Å². The fourth-order valence-corrected chi connectivity index (χ4v) is 1.91. The molecule has 0 radical (unpaired) electrons. The number of benzene rings is 1. The number of hydrogen-bond donors (Lipinski definition) is 0. The monoisotopic (exact) mass is 300 g/mol. The van der Waals surface area contributed by atoms with Gasteiger partial charge < -0.3 is 0 Å². The highest BCUT2D eigenvalue weighted by Crippen LogP contribution is 2.30. The van der Waals surface area contributed by atoms with Gasteiger partial charge in [-0.1, -0.05) is 25.4 Å². The SMILES string of the molecule is Cc1c(Cl)nc(C(C)C)nc1-c1ccc(F)c(F)c1F. The van der Waals surface area contributed by atoms with Gasteiger partial charge in [0.25, 0.3) is 0 Å². The largest absolute Gasteiger partial charge is 0.232 e. The number of nitrogens with zero attached hydrogens (tertiary/aromatic N) is 2. The van der Waals surface area contributed by atoms with Crippen molar-refractivity contribution in [1.82, 2.24) is 9.97 Å². The maximum Gasteiger partial charge on any atom is 0.195 e. The zero-order chi connectivity index (χ0) is 15.0. The Balaban J connectivity index is 2.72. The molecule has 2 rings (SSSR count). The molecule has 0 bridgehead atoms. The number of halogens is 4. The first kappa shape index (κ1) is 14.8. The Hall–Kier alpha value is -1.62. The molecular weight excluding hydrogens is 289 g/mol. The van der Waals surface area contributed by atoms with E-state index in [0.717, 1.165) is 12.1 Å². The molecular formula is C14H12ClF3N2. The van der Waals surface area contributed by atoms with Crippen molar-refractivity contribution in [3.63, 3.8) is 0 Å². The lowest BCUT2D eigenvalue weighted by Crippen LogP contribution is -2.04. The van der Waals surface area contributed by atoms with E-state index in [2.05, 4.69) is 9.97 Å². The minimum Gasteiger partial charge on any atom is -0.232 e. The standard InChI is InChI=1S/C14H12ClF3N2/c1-6(2)14-19-12(7(3)13(15)20-14)8-4-5-9(16)11(18)10(8)17/h4-6H,1-3H3. The van der Waals surface area contributed by atoms with Crippen molar-refractivity contribution in [3.8, 4) is 11.3 Å². The second-order valence-electron chi connectivity index (χ2n) is 4.72. The third-order valence-corrected chi connectivity index (χ3v) is 3.28. The number of hydrogen-bond acceptors (Lipinski definition) is 2. The summed E-state index contributed by atoms with van der Waals surface area (Å²) < 4.78 is 40.2. The van der Waals surface area contributed by atoms with Crippen molar-refractivity contribution in [2.45, 2.75) is 26.7 Å². The maximum absolute atomic E-state index is 13.9. The van der Waals surface area contributed by atoms with Crippen molar-refractivity contribution < 1.29 is 13.2 Å². The van der Waals surface area contributed by atoms with Crippen LogP contribution in [0, 0.1) is 24.4 Å². The van der Waals surface area contributed by atoms with Crippen LogP contribution in [-0.4, -0.2) is 9.97 Å². The molecule has 0 aliphatic rings. The van der Waals surface area contributed by atoms with Gasteiger partial charge in [0.05, 0.1) is 5.69 Å². The lowest BCUT2D eigenvalue weighted by Gasteiger charge is -2.12. The highest BCUT2D eigenvalue weighted by atomic mass is 35.5. The quantitative estimate of drug-likeness (QED) is 0.596. The van der Waals surface area contributed by atoms with E-state index in [1.54, 1.807) is 6.92 Å². The molecule has 0 spiro atoms. The summed E-state index contributed by atoms with van der Waals surface area (Å²) in [6, 6.07) is 2.00. The van der Waals surface area contributed by atoms with Gasteiger partial charge in [0.15, 0.2) is 17.5 Å². The number of aromatic nitrogens is 2. The Morgan fingerprint density at radius 1 is 1.05 bits per heavy atom. The molecule has 0 saturated carbocycles. The first-order valence-corrected chi connectivity index (χ1v) is 6.38. The summed E-state index contributed by atoms with van der Waals surface area (Å²) in [5.74, 6) is -3.66. The molecule has 0 atom stereocenters. The van der Waals surface area contributed by atoms with Crippen LogP contribution in [0.25, 0.3) is 11.3 Å². The fraction of sp³-hybridized carbons (Fsp3) is 0.286. The predicted octanol–water partition coefficient (Wildman–Crippen LogP) is 4.65. The van der Waals surface area contributed by atoms with Crippen LogP contribution in [0.4, 0.5) is 13.2 Å². The van der Waals surface area contributed by atoms with Gasteiger partial charge in [-0.25, -0.2) is 23.1 Å². The zero-order valence-electron chi connectivity index (χ0n) is 11.1. The molecule has 0 fully saturated rings. The van der Waals surface area contributed by atoms with Crippen molar-refractivity contribution in [2.24, 2.45) is 0 Å². The summed E-state index contributed by atoms with van der Waals surface area (Å²) in [6.45, 7) is 5.31. The van der Waals surface area contributed by atoms with Crippen molar-refractivity contribution in [3.05, 3.63) is 46.1 Å². The van der Waals surface area contributed by atoms with Gasteiger partial charge in [-0.2, -0.15) is 0 Å². The molecule has 0 N–H and O–H groups in total. The molecule has 2 aromatic rings. The first-order chi connectivity index (χ1) is 9.32. The molecule has 0 aliphatic carbocycles. The van der Waals surface area contributed by atoms with Gasteiger partial charge in [0.2, 0.25) is 0 Å². The second kappa shape index (κ2) is 5.40. The minimum atomic E-state index is -1.53. The van der Waals surface area contributed by atoms with E-state index < -0.39 is 17.5 Å². The van der Waals surface area contributed by atoms with Crippen LogP contribution in [0.3, 0.4) is 0 Å². The zero-order valence-corrected chi connectivity index (χ0v) is 11.9. The van der Waals surface area contributed by atoms with E-state index in [1.165, 1.54) is 0 Å². The van der Waals surface area contributed by atoms with E-state index >= 15 is 0 Å². The molecule has 20 heavy (non-hydrogen) atoms. The van der Waals surface area contributed by atoms with Crippen LogP contribution >= 0.6 is 11.6 Å². The molecule has 0 saturated heterocycles. The van der Waals surface area contributed by atoms with Crippen LogP contribution in [0.2, 0.25) is 5.15 Å². The fourth-order valence-electron chi connectivity index (χ4n) is 1.73. The van der Waals surface area contributed by atoms with E-state index in [0.29, 0.717) is 11.4 Å². The summed E-state index contributed by atoms with van der Waals surface area (Å²) in [6.07, 6.45) is 0. The Labute approximate surface area is 119 Å². The molecule has 1 aromatic heterocycles.